The van der Waals surface area contributed by atoms with E-state index < -0.39 is 4.92 Å². The fourth-order valence-corrected chi connectivity index (χ4v) is 2.26. The highest BCUT2D eigenvalue weighted by Crippen LogP contribution is 2.39. The summed E-state index contributed by atoms with van der Waals surface area (Å²) in [5, 5.41) is 11.4. The van der Waals surface area contributed by atoms with Crippen LogP contribution in [-0.4, -0.2) is 38.5 Å². The van der Waals surface area contributed by atoms with Gasteiger partial charge in [0.05, 0.1) is 4.92 Å². The number of ketones is 1. The molecule has 0 fully saturated rings. The first-order valence-corrected chi connectivity index (χ1v) is 7.69. The molecule has 0 aliphatic rings. The minimum Gasteiger partial charge on any atom is -0.463 e. The molecule has 0 bridgehead atoms. The Hall–Kier alpha value is -2.97. The Kier molecular flexibility index (Phi) is 7.07. The molecular formula is C18H19NO7. The van der Waals surface area contributed by atoms with Gasteiger partial charge in [0.15, 0.2) is 25.1 Å². The smallest absolute Gasteiger partial charge is 0.315 e. The number of carbonyl (C=O) groups excluding carboxylic acids is 1. The maximum absolute atomic E-state index is 12.6. The lowest BCUT2D eigenvalue weighted by molar-refractivity contribution is -0.386. The minimum absolute atomic E-state index is 0.0366. The van der Waals surface area contributed by atoms with Crippen LogP contribution in [0.15, 0.2) is 42.5 Å². The molecule has 0 aliphatic heterocycles. The summed E-state index contributed by atoms with van der Waals surface area (Å²) in [6, 6.07) is 11.7. The molecule has 0 saturated carbocycles. The van der Waals surface area contributed by atoms with Crippen LogP contribution in [-0.2, 0) is 15.9 Å². The zero-order valence-corrected chi connectivity index (χ0v) is 14.5. The number of ether oxygens (including phenoxy) is 4. The summed E-state index contributed by atoms with van der Waals surface area (Å²) in [7, 11) is 2.80. The molecule has 0 spiro atoms. The molecule has 138 valence electrons. The number of rotatable bonds is 10. The van der Waals surface area contributed by atoms with Gasteiger partial charge in [0, 0.05) is 32.3 Å². The van der Waals surface area contributed by atoms with Crippen LogP contribution in [0.2, 0.25) is 0 Å². The molecule has 0 radical (unpaired) electrons. The summed E-state index contributed by atoms with van der Waals surface area (Å²) in [5.41, 5.74) is 0.572. The van der Waals surface area contributed by atoms with E-state index in [1.807, 2.05) is 30.3 Å². The second kappa shape index (κ2) is 9.50. The Morgan fingerprint density at radius 1 is 1.04 bits per heavy atom. The number of hydrogen-bond donors (Lipinski definition) is 0. The third-order valence-corrected chi connectivity index (χ3v) is 3.41. The molecule has 2 aromatic carbocycles. The van der Waals surface area contributed by atoms with Crippen LogP contribution in [0.1, 0.15) is 15.9 Å². The molecule has 8 heteroatoms. The molecule has 26 heavy (non-hydrogen) atoms. The summed E-state index contributed by atoms with van der Waals surface area (Å²) in [6.07, 6.45) is 0.111. The van der Waals surface area contributed by atoms with Crippen LogP contribution in [0.4, 0.5) is 5.69 Å². The first-order valence-electron chi connectivity index (χ1n) is 7.69. The van der Waals surface area contributed by atoms with Crippen molar-refractivity contribution < 1.29 is 28.7 Å². The molecule has 0 unspecified atom stereocenters. The van der Waals surface area contributed by atoms with Gasteiger partial charge < -0.3 is 18.9 Å². The number of methoxy groups -OCH3 is 2. The van der Waals surface area contributed by atoms with Gasteiger partial charge in [-0.3, -0.25) is 14.9 Å². The van der Waals surface area contributed by atoms with Crippen molar-refractivity contribution in [1.29, 1.82) is 0 Å². The van der Waals surface area contributed by atoms with Crippen LogP contribution in [0, 0.1) is 10.1 Å². The topological polar surface area (TPSA) is 97.1 Å². The average Bonchev–Trinajstić information content (AvgIpc) is 2.65. The van der Waals surface area contributed by atoms with Gasteiger partial charge in [-0.25, -0.2) is 0 Å². The van der Waals surface area contributed by atoms with Crippen LogP contribution in [0.3, 0.4) is 0 Å². The van der Waals surface area contributed by atoms with Gasteiger partial charge in [-0.1, -0.05) is 30.3 Å². The zero-order valence-electron chi connectivity index (χ0n) is 14.5. The molecular weight excluding hydrogens is 342 g/mol. The van der Waals surface area contributed by atoms with E-state index in [4.69, 9.17) is 18.9 Å². The van der Waals surface area contributed by atoms with Gasteiger partial charge >= 0.3 is 5.69 Å². The molecule has 0 N–H and O–H groups in total. The molecule has 2 aromatic rings. The van der Waals surface area contributed by atoms with Gasteiger partial charge in [0.2, 0.25) is 5.75 Å². The zero-order chi connectivity index (χ0) is 18.9. The van der Waals surface area contributed by atoms with Gasteiger partial charge in [-0.05, 0) is 11.6 Å². The van der Waals surface area contributed by atoms with Gasteiger partial charge in [0.1, 0.15) is 0 Å². The third-order valence-electron chi connectivity index (χ3n) is 3.41. The first kappa shape index (κ1) is 19.4. The Balaban J connectivity index is 2.40. The summed E-state index contributed by atoms with van der Waals surface area (Å²) in [4.78, 5) is 23.4. The third kappa shape index (κ3) is 5.01. The van der Waals surface area contributed by atoms with Crippen LogP contribution in [0.5, 0.6) is 11.5 Å². The fraction of sp³-hybridized carbons (Fsp3) is 0.278. The predicted octanol–water partition coefficient (Wildman–Crippen LogP) is 2.99. The summed E-state index contributed by atoms with van der Waals surface area (Å²) in [5.74, 6) is -0.362. The monoisotopic (exact) mass is 361 g/mol. The lowest BCUT2D eigenvalue weighted by Gasteiger charge is -2.13. The normalized spacial score (nSPS) is 10.4. The second-order valence-corrected chi connectivity index (χ2v) is 5.27. The largest absolute Gasteiger partial charge is 0.463 e. The Labute approximate surface area is 150 Å². The number of Topliss-reactive ketones (excluding diaryl/α,β-unsaturated/α-hetero) is 1. The Morgan fingerprint density at radius 3 is 2.31 bits per heavy atom. The minimum atomic E-state index is -0.635. The number of nitrogens with zero attached hydrogens (tertiary/aromatic N) is 1. The van der Waals surface area contributed by atoms with E-state index in [9.17, 15) is 14.9 Å². The molecule has 0 heterocycles. The lowest BCUT2D eigenvalue weighted by Crippen LogP contribution is -2.10. The van der Waals surface area contributed by atoms with Crippen molar-refractivity contribution in [3.8, 4) is 11.5 Å². The van der Waals surface area contributed by atoms with E-state index in [2.05, 4.69) is 0 Å². The molecule has 0 aliphatic carbocycles. The lowest BCUT2D eigenvalue weighted by atomic mass is 10.0. The Morgan fingerprint density at radius 2 is 1.69 bits per heavy atom. The van der Waals surface area contributed by atoms with Crippen LogP contribution in [0.25, 0.3) is 0 Å². The van der Waals surface area contributed by atoms with Crippen molar-refractivity contribution in [2.75, 3.05) is 27.8 Å². The number of nitro groups is 1. The van der Waals surface area contributed by atoms with Crippen molar-refractivity contribution in [3.63, 3.8) is 0 Å². The number of benzene rings is 2. The SMILES string of the molecule is COCOc1cc(C(=O)Cc2ccccc2)cc([N+](=O)[O-])c1OCOC. The van der Waals surface area contributed by atoms with Gasteiger partial charge in [-0.2, -0.15) is 0 Å². The van der Waals surface area contributed by atoms with Crippen LogP contribution < -0.4 is 9.47 Å². The van der Waals surface area contributed by atoms with E-state index in [0.29, 0.717) is 0 Å². The molecule has 0 amide bonds. The van der Waals surface area contributed by atoms with E-state index in [-0.39, 0.29) is 48.5 Å². The highest BCUT2D eigenvalue weighted by Gasteiger charge is 2.25. The van der Waals surface area contributed by atoms with Crippen molar-refractivity contribution in [1.82, 2.24) is 0 Å². The van der Waals surface area contributed by atoms with Crippen molar-refractivity contribution in [2.24, 2.45) is 0 Å². The van der Waals surface area contributed by atoms with E-state index in [1.54, 1.807) is 0 Å². The maximum Gasteiger partial charge on any atom is 0.315 e. The molecule has 0 saturated heterocycles. The average molecular weight is 361 g/mol. The molecule has 2 rings (SSSR count). The first-order chi connectivity index (χ1) is 12.6. The van der Waals surface area contributed by atoms with Crippen molar-refractivity contribution in [3.05, 3.63) is 63.7 Å². The Bertz CT molecular complexity index is 762. The van der Waals surface area contributed by atoms with Crippen LogP contribution >= 0.6 is 0 Å². The molecule has 0 aromatic heterocycles. The maximum atomic E-state index is 12.6. The predicted molar refractivity (Wildman–Crippen MR) is 92.6 cm³/mol. The van der Waals surface area contributed by atoms with E-state index in [1.165, 1.54) is 26.4 Å². The highest BCUT2D eigenvalue weighted by atomic mass is 16.7. The summed E-state index contributed by atoms with van der Waals surface area (Å²) >= 11 is 0. The quantitative estimate of drug-likeness (QED) is 0.278. The van der Waals surface area contributed by atoms with Gasteiger partial charge in [0.25, 0.3) is 0 Å². The fourth-order valence-electron chi connectivity index (χ4n) is 2.26. The van der Waals surface area contributed by atoms with E-state index >= 15 is 0 Å². The summed E-state index contributed by atoms with van der Waals surface area (Å²) in [6.45, 7) is -0.363. The highest BCUT2D eigenvalue weighted by molar-refractivity contribution is 5.99. The van der Waals surface area contributed by atoms with Gasteiger partial charge in [-0.15, -0.1) is 0 Å². The number of hydrogen-bond acceptors (Lipinski definition) is 7. The van der Waals surface area contributed by atoms with Crippen molar-refractivity contribution >= 4 is 11.5 Å². The molecule has 8 nitrogen and oxygen atoms in total. The molecule has 0 atom stereocenters. The summed E-state index contributed by atoms with van der Waals surface area (Å²) < 4.78 is 20.3. The standard InChI is InChI=1S/C18H19NO7/c1-23-11-25-17-10-14(16(20)8-13-6-4-3-5-7-13)9-15(19(21)22)18(17)26-12-24-2/h3-7,9-10H,8,11-12H2,1-2H3. The number of carbonyl (C=O) groups is 1. The number of nitro benzene ring substituents is 1. The van der Waals surface area contributed by atoms with E-state index in [0.717, 1.165) is 5.56 Å². The second-order valence-electron chi connectivity index (χ2n) is 5.27. The van der Waals surface area contributed by atoms with Crippen molar-refractivity contribution in [2.45, 2.75) is 6.42 Å².